The summed E-state index contributed by atoms with van der Waals surface area (Å²) in [7, 11) is 0. The molecule has 3 aromatic carbocycles. The minimum absolute atomic E-state index is 0.0680. The highest BCUT2D eigenvalue weighted by Crippen LogP contribution is 2.43. The zero-order valence-electron chi connectivity index (χ0n) is 15.7. The van der Waals surface area contributed by atoms with Crippen LogP contribution in [0.3, 0.4) is 0 Å². The molecule has 0 bridgehead atoms. The third-order valence-corrected chi connectivity index (χ3v) is 4.40. The summed E-state index contributed by atoms with van der Waals surface area (Å²) in [5.41, 5.74) is 0.676. The van der Waals surface area contributed by atoms with Crippen LogP contribution in [0.2, 0.25) is 0 Å². The van der Waals surface area contributed by atoms with E-state index in [9.17, 15) is 46.0 Å². The van der Waals surface area contributed by atoms with Crippen LogP contribution in [0, 0.1) is 0 Å². The fourth-order valence-corrected chi connectivity index (χ4v) is 2.76. The van der Waals surface area contributed by atoms with E-state index in [1.807, 2.05) is 0 Å². The van der Waals surface area contributed by atoms with Gasteiger partial charge in [-0.15, -0.1) is 0 Å². The third-order valence-electron chi connectivity index (χ3n) is 4.40. The van der Waals surface area contributed by atoms with E-state index in [4.69, 9.17) is 0 Å². The fourth-order valence-electron chi connectivity index (χ4n) is 2.76. The first kappa shape index (κ1) is 21.1. The topological polar surface area (TPSA) is 182 Å². The largest absolute Gasteiger partial charge is 0.504 e. The highest BCUT2D eigenvalue weighted by Gasteiger charge is 2.15. The fraction of sp³-hybridized carbons (Fsp3) is 0. The Morgan fingerprint density at radius 2 is 0.677 bits per heavy atom. The van der Waals surface area contributed by atoms with Gasteiger partial charge in [0.2, 0.25) is 5.75 Å². The summed E-state index contributed by atoms with van der Waals surface area (Å²) in [6, 6.07) is 5.96. The molecule has 9 nitrogen and oxygen atoms in total. The van der Waals surface area contributed by atoms with Gasteiger partial charge < -0.3 is 46.0 Å². The molecule has 0 saturated carbocycles. The lowest BCUT2D eigenvalue weighted by molar-refractivity contribution is 0.367. The summed E-state index contributed by atoms with van der Waals surface area (Å²) in [4.78, 5) is 0. The number of hydrogen-bond donors (Lipinski definition) is 9. The van der Waals surface area contributed by atoms with Crippen molar-refractivity contribution < 1.29 is 46.0 Å². The first-order valence-corrected chi connectivity index (χ1v) is 8.72. The molecular formula is C22H18O9. The van der Waals surface area contributed by atoms with Gasteiger partial charge in [0.1, 0.15) is 0 Å². The van der Waals surface area contributed by atoms with E-state index >= 15 is 0 Å². The molecule has 9 N–H and O–H groups in total. The van der Waals surface area contributed by atoms with Crippen molar-refractivity contribution >= 4 is 24.3 Å². The van der Waals surface area contributed by atoms with Crippen LogP contribution in [0.4, 0.5) is 0 Å². The Hall–Kier alpha value is -4.66. The maximum Gasteiger partial charge on any atom is 0.201 e. The molecule has 0 aliphatic rings. The van der Waals surface area contributed by atoms with Crippen LogP contribution in [0.15, 0.2) is 30.3 Å². The van der Waals surface area contributed by atoms with E-state index in [1.54, 1.807) is 0 Å². The number of phenolic OH excluding ortho intramolecular Hbond substituents is 9. The van der Waals surface area contributed by atoms with Gasteiger partial charge in [-0.3, -0.25) is 0 Å². The SMILES string of the molecule is Oc1cc(/C=C/c2cc(/C=C/c3cc(O)c(O)c(O)c3)c(O)c(O)c2O)cc(O)c1O. The van der Waals surface area contributed by atoms with Crippen LogP contribution in [-0.2, 0) is 0 Å². The van der Waals surface area contributed by atoms with Gasteiger partial charge in [0.15, 0.2) is 46.0 Å². The molecular weight excluding hydrogens is 408 g/mol. The van der Waals surface area contributed by atoms with Gasteiger partial charge in [0.05, 0.1) is 0 Å². The molecule has 0 radical (unpaired) electrons. The van der Waals surface area contributed by atoms with Crippen LogP contribution >= 0.6 is 0 Å². The van der Waals surface area contributed by atoms with Crippen molar-refractivity contribution in [3.8, 4) is 51.7 Å². The van der Waals surface area contributed by atoms with Gasteiger partial charge in [-0.25, -0.2) is 0 Å². The van der Waals surface area contributed by atoms with Crippen LogP contribution < -0.4 is 0 Å². The molecule has 0 aliphatic carbocycles. The summed E-state index contributed by atoms with van der Waals surface area (Å²) in [5.74, 6) is -5.63. The van der Waals surface area contributed by atoms with Gasteiger partial charge >= 0.3 is 0 Å². The number of benzene rings is 3. The molecule has 0 atom stereocenters. The Bertz CT molecular complexity index is 1090. The Labute approximate surface area is 175 Å². The first-order chi connectivity index (χ1) is 14.6. The Morgan fingerprint density at radius 1 is 0.355 bits per heavy atom. The second kappa shape index (κ2) is 7.99. The van der Waals surface area contributed by atoms with E-state index in [-0.39, 0.29) is 22.3 Å². The molecule has 3 aromatic rings. The number of rotatable bonds is 4. The first-order valence-electron chi connectivity index (χ1n) is 8.72. The number of phenols is 9. The monoisotopic (exact) mass is 426 g/mol. The van der Waals surface area contributed by atoms with Gasteiger partial charge in [-0.2, -0.15) is 0 Å². The quantitative estimate of drug-likeness (QED) is 0.223. The second-order valence-corrected chi connectivity index (χ2v) is 6.58. The highest BCUT2D eigenvalue weighted by molar-refractivity contribution is 5.82. The van der Waals surface area contributed by atoms with Crippen molar-refractivity contribution in [2.45, 2.75) is 0 Å². The van der Waals surface area contributed by atoms with Crippen LogP contribution in [-0.4, -0.2) is 46.0 Å². The van der Waals surface area contributed by atoms with Gasteiger partial charge in [0, 0.05) is 11.1 Å². The molecule has 0 amide bonds. The Balaban J connectivity index is 1.99. The zero-order valence-corrected chi connectivity index (χ0v) is 15.7. The van der Waals surface area contributed by atoms with E-state index in [1.165, 1.54) is 30.4 Å². The number of hydrogen-bond acceptors (Lipinski definition) is 9. The van der Waals surface area contributed by atoms with Crippen molar-refractivity contribution in [3.05, 3.63) is 52.6 Å². The normalized spacial score (nSPS) is 11.5. The lowest BCUT2D eigenvalue weighted by atomic mass is 10.0. The summed E-state index contributed by atoms with van der Waals surface area (Å²) in [5, 5.41) is 87.3. The molecule has 0 fully saturated rings. The van der Waals surface area contributed by atoms with Crippen LogP contribution in [0.1, 0.15) is 22.3 Å². The van der Waals surface area contributed by atoms with Crippen LogP contribution in [0.5, 0.6) is 51.7 Å². The summed E-state index contributed by atoms with van der Waals surface area (Å²) in [6.07, 6.45) is 5.40. The molecule has 0 heterocycles. The van der Waals surface area contributed by atoms with Gasteiger partial charge in [-0.1, -0.05) is 24.3 Å². The maximum atomic E-state index is 10.1. The minimum Gasteiger partial charge on any atom is -0.504 e. The number of aromatic hydroxyl groups is 9. The molecule has 0 aliphatic heterocycles. The molecule has 0 saturated heterocycles. The zero-order chi connectivity index (χ0) is 22.9. The molecule has 0 unspecified atom stereocenters. The molecule has 3 rings (SSSR count). The van der Waals surface area contributed by atoms with Crippen molar-refractivity contribution in [2.75, 3.05) is 0 Å². The van der Waals surface area contributed by atoms with E-state index in [0.717, 1.165) is 24.3 Å². The van der Waals surface area contributed by atoms with E-state index in [2.05, 4.69) is 0 Å². The lowest BCUT2D eigenvalue weighted by Gasteiger charge is -2.09. The molecule has 9 heteroatoms. The molecule has 160 valence electrons. The molecule has 31 heavy (non-hydrogen) atoms. The van der Waals surface area contributed by atoms with Crippen molar-refractivity contribution in [1.82, 2.24) is 0 Å². The van der Waals surface area contributed by atoms with Gasteiger partial charge in [-0.05, 0) is 41.5 Å². The summed E-state index contributed by atoms with van der Waals surface area (Å²) in [6.45, 7) is 0. The lowest BCUT2D eigenvalue weighted by Crippen LogP contribution is -1.84. The third kappa shape index (κ3) is 4.20. The average molecular weight is 426 g/mol. The molecule has 0 spiro atoms. The van der Waals surface area contributed by atoms with Gasteiger partial charge in [0.25, 0.3) is 0 Å². The highest BCUT2D eigenvalue weighted by atomic mass is 16.3. The summed E-state index contributed by atoms with van der Waals surface area (Å²) >= 11 is 0. The predicted molar refractivity (Wildman–Crippen MR) is 112 cm³/mol. The van der Waals surface area contributed by atoms with Crippen molar-refractivity contribution in [1.29, 1.82) is 0 Å². The van der Waals surface area contributed by atoms with Crippen LogP contribution in [0.25, 0.3) is 24.3 Å². The summed E-state index contributed by atoms with van der Waals surface area (Å²) < 4.78 is 0. The molecule has 0 aromatic heterocycles. The second-order valence-electron chi connectivity index (χ2n) is 6.58. The standard InChI is InChI=1S/C22H18O9/c23-14-5-10(6-15(24)20(14)29)1-3-12-9-13(19(28)22(31)18(12)27)4-2-11-7-16(25)21(30)17(26)8-11/h1-9,23-31H/b3-1+,4-2+. The smallest absolute Gasteiger partial charge is 0.201 e. The average Bonchev–Trinajstić information content (AvgIpc) is 2.72. The van der Waals surface area contributed by atoms with E-state index in [0.29, 0.717) is 0 Å². The van der Waals surface area contributed by atoms with Crippen molar-refractivity contribution in [2.24, 2.45) is 0 Å². The Morgan fingerprint density at radius 3 is 1.00 bits per heavy atom. The Kier molecular flexibility index (Phi) is 5.43. The minimum atomic E-state index is -0.797. The van der Waals surface area contributed by atoms with E-state index < -0.39 is 51.7 Å². The maximum absolute atomic E-state index is 10.1. The predicted octanol–water partition coefficient (Wildman–Crippen LogP) is 3.38. The van der Waals surface area contributed by atoms with Crippen molar-refractivity contribution in [3.63, 3.8) is 0 Å².